The van der Waals surface area contributed by atoms with E-state index in [1.165, 1.54) is 35.4 Å². The Morgan fingerprint density at radius 3 is 2.88 bits per heavy atom. The molecule has 2 aromatic carbocycles. The predicted octanol–water partition coefficient (Wildman–Crippen LogP) is 5.08. The van der Waals surface area contributed by atoms with Gasteiger partial charge in [-0.05, 0) is 55.0 Å². The summed E-state index contributed by atoms with van der Waals surface area (Å²) in [6, 6.07) is 11.1. The summed E-state index contributed by atoms with van der Waals surface area (Å²) in [7, 11) is 0. The molecule has 2 aromatic rings. The first-order valence-corrected chi connectivity index (χ1v) is 9.99. The van der Waals surface area contributed by atoms with Crippen molar-refractivity contribution in [2.45, 2.75) is 38.0 Å². The summed E-state index contributed by atoms with van der Waals surface area (Å²) in [6.07, 6.45) is 3.50. The van der Waals surface area contributed by atoms with Gasteiger partial charge in [0.15, 0.2) is 0 Å². The molecule has 0 radical (unpaired) electrons. The summed E-state index contributed by atoms with van der Waals surface area (Å²) in [5.74, 6) is 0.281. The third kappa shape index (κ3) is 4.56. The van der Waals surface area contributed by atoms with Crippen LogP contribution in [-0.4, -0.2) is 11.7 Å². The van der Waals surface area contributed by atoms with Crippen molar-refractivity contribution >= 4 is 29.3 Å². The van der Waals surface area contributed by atoms with Gasteiger partial charge < -0.3 is 5.32 Å². The molecule has 0 fully saturated rings. The van der Waals surface area contributed by atoms with Crippen molar-refractivity contribution in [1.82, 2.24) is 5.32 Å². The number of benzene rings is 2. The maximum Gasteiger partial charge on any atom is 0.230 e. The summed E-state index contributed by atoms with van der Waals surface area (Å²) in [6.45, 7) is 1.99. The van der Waals surface area contributed by atoms with Gasteiger partial charge in [0.1, 0.15) is 5.82 Å². The first-order valence-electron chi connectivity index (χ1n) is 8.46. The van der Waals surface area contributed by atoms with Gasteiger partial charge in [0.05, 0.1) is 11.8 Å². The van der Waals surface area contributed by atoms with Crippen LogP contribution in [0.3, 0.4) is 0 Å². The Labute approximate surface area is 157 Å². The second-order valence-corrected chi connectivity index (χ2v) is 7.76. The zero-order valence-corrected chi connectivity index (χ0v) is 15.7. The van der Waals surface area contributed by atoms with Gasteiger partial charge in [0.25, 0.3) is 0 Å². The largest absolute Gasteiger partial charge is 0.349 e. The summed E-state index contributed by atoms with van der Waals surface area (Å²) in [5.41, 5.74) is 4.42. The Morgan fingerprint density at radius 1 is 1.28 bits per heavy atom. The van der Waals surface area contributed by atoms with E-state index in [1.807, 2.05) is 6.92 Å². The number of aryl methyl sites for hydroxylation is 2. The van der Waals surface area contributed by atoms with E-state index in [-0.39, 0.29) is 23.5 Å². The topological polar surface area (TPSA) is 29.1 Å². The number of halogens is 2. The van der Waals surface area contributed by atoms with Crippen LogP contribution in [0.15, 0.2) is 36.4 Å². The molecule has 0 spiro atoms. The summed E-state index contributed by atoms with van der Waals surface area (Å²) in [4.78, 5) is 12.2. The van der Waals surface area contributed by atoms with Crippen LogP contribution in [0.4, 0.5) is 4.39 Å². The molecule has 1 atom stereocenters. The van der Waals surface area contributed by atoms with Crippen molar-refractivity contribution in [2.24, 2.45) is 0 Å². The molecule has 0 aromatic heterocycles. The highest BCUT2D eigenvalue weighted by Crippen LogP contribution is 2.26. The lowest BCUT2D eigenvalue weighted by Gasteiger charge is -2.15. The van der Waals surface area contributed by atoms with E-state index >= 15 is 0 Å². The molecule has 0 bridgehead atoms. The molecule has 25 heavy (non-hydrogen) atoms. The minimum Gasteiger partial charge on any atom is -0.349 e. The SMILES string of the molecule is CC(NC(=O)CSCc1c(F)cccc1Cl)c1ccc2c(c1)CCC2. The average Bonchev–Trinajstić information content (AvgIpc) is 3.05. The highest BCUT2D eigenvalue weighted by Gasteiger charge is 2.15. The van der Waals surface area contributed by atoms with Crippen LogP contribution in [0.2, 0.25) is 5.02 Å². The number of carbonyl (C=O) groups excluding carboxylic acids is 1. The van der Waals surface area contributed by atoms with E-state index in [4.69, 9.17) is 11.6 Å². The molecule has 1 unspecified atom stereocenters. The smallest absolute Gasteiger partial charge is 0.230 e. The van der Waals surface area contributed by atoms with Crippen molar-refractivity contribution in [3.05, 3.63) is 69.5 Å². The molecule has 1 amide bonds. The molecule has 1 N–H and O–H groups in total. The molecule has 0 heterocycles. The van der Waals surface area contributed by atoms with Gasteiger partial charge in [0.2, 0.25) is 5.91 Å². The van der Waals surface area contributed by atoms with Gasteiger partial charge in [-0.2, -0.15) is 0 Å². The van der Waals surface area contributed by atoms with Gasteiger partial charge in [-0.15, -0.1) is 11.8 Å². The predicted molar refractivity (Wildman–Crippen MR) is 103 cm³/mol. The lowest BCUT2D eigenvalue weighted by Crippen LogP contribution is -2.28. The van der Waals surface area contributed by atoms with Gasteiger partial charge >= 0.3 is 0 Å². The monoisotopic (exact) mass is 377 g/mol. The second-order valence-electron chi connectivity index (χ2n) is 6.36. The van der Waals surface area contributed by atoms with Crippen LogP contribution < -0.4 is 5.32 Å². The molecule has 3 rings (SSSR count). The number of nitrogens with one attached hydrogen (secondary N) is 1. The number of amides is 1. The van der Waals surface area contributed by atoms with Crippen molar-refractivity contribution in [2.75, 3.05) is 5.75 Å². The number of fused-ring (bicyclic) bond motifs is 1. The van der Waals surface area contributed by atoms with E-state index in [1.54, 1.807) is 12.1 Å². The molecule has 1 aliphatic rings. The van der Waals surface area contributed by atoms with Gasteiger partial charge in [-0.3, -0.25) is 4.79 Å². The molecule has 0 saturated heterocycles. The molecule has 2 nitrogen and oxygen atoms in total. The van der Waals surface area contributed by atoms with Crippen LogP contribution in [0, 0.1) is 5.82 Å². The molecule has 5 heteroatoms. The first kappa shape index (κ1) is 18.3. The van der Waals surface area contributed by atoms with Gasteiger partial charge in [-0.1, -0.05) is 35.9 Å². The Hall–Kier alpha value is -1.52. The fourth-order valence-electron chi connectivity index (χ4n) is 3.14. The minimum atomic E-state index is -0.327. The maximum absolute atomic E-state index is 13.7. The quantitative estimate of drug-likeness (QED) is 0.760. The lowest BCUT2D eigenvalue weighted by atomic mass is 10.0. The highest BCUT2D eigenvalue weighted by molar-refractivity contribution is 7.99. The van der Waals surface area contributed by atoms with E-state index in [9.17, 15) is 9.18 Å². The number of rotatable bonds is 6. The third-order valence-electron chi connectivity index (χ3n) is 4.54. The van der Waals surface area contributed by atoms with Crippen molar-refractivity contribution in [3.8, 4) is 0 Å². The van der Waals surface area contributed by atoms with Crippen LogP contribution in [-0.2, 0) is 23.4 Å². The Morgan fingerprint density at radius 2 is 2.08 bits per heavy atom. The summed E-state index contributed by atoms with van der Waals surface area (Å²) in [5, 5.41) is 3.42. The lowest BCUT2D eigenvalue weighted by molar-refractivity contribution is -0.119. The minimum absolute atomic E-state index is 0.0314. The van der Waals surface area contributed by atoms with E-state index in [0.29, 0.717) is 16.3 Å². The number of hydrogen-bond donors (Lipinski definition) is 1. The van der Waals surface area contributed by atoms with Gasteiger partial charge in [-0.25, -0.2) is 4.39 Å². The van der Waals surface area contributed by atoms with Gasteiger partial charge in [0, 0.05) is 16.3 Å². The maximum atomic E-state index is 13.7. The van der Waals surface area contributed by atoms with Crippen molar-refractivity contribution < 1.29 is 9.18 Å². The zero-order chi connectivity index (χ0) is 17.8. The molecular formula is C20H21ClFNOS. The molecule has 0 aliphatic heterocycles. The third-order valence-corrected chi connectivity index (χ3v) is 5.85. The molecular weight excluding hydrogens is 357 g/mol. The zero-order valence-electron chi connectivity index (χ0n) is 14.1. The van der Waals surface area contributed by atoms with Crippen molar-refractivity contribution in [1.29, 1.82) is 0 Å². The average molecular weight is 378 g/mol. The number of carbonyl (C=O) groups is 1. The number of hydrogen-bond acceptors (Lipinski definition) is 2. The fraction of sp³-hybridized carbons (Fsp3) is 0.350. The Kier molecular flexibility index (Phi) is 6.02. The summed E-state index contributed by atoms with van der Waals surface area (Å²) < 4.78 is 13.7. The fourth-order valence-corrected chi connectivity index (χ4v) is 4.32. The van der Waals surface area contributed by atoms with Crippen LogP contribution in [0.25, 0.3) is 0 Å². The Balaban J connectivity index is 1.50. The van der Waals surface area contributed by atoms with E-state index in [2.05, 4.69) is 23.5 Å². The van der Waals surface area contributed by atoms with Crippen LogP contribution in [0.5, 0.6) is 0 Å². The normalized spacial score (nSPS) is 14.2. The molecule has 132 valence electrons. The Bertz CT molecular complexity index is 760. The van der Waals surface area contributed by atoms with Crippen LogP contribution in [0.1, 0.15) is 41.6 Å². The van der Waals surface area contributed by atoms with Crippen molar-refractivity contribution in [3.63, 3.8) is 0 Å². The highest BCUT2D eigenvalue weighted by atomic mass is 35.5. The van der Waals surface area contributed by atoms with E-state index in [0.717, 1.165) is 18.4 Å². The molecule has 0 saturated carbocycles. The first-order chi connectivity index (χ1) is 12.0. The van der Waals surface area contributed by atoms with Crippen LogP contribution >= 0.6 is 23.4 Å². The standard InChI is InChI=1S/C20H21ClFNOS/c1-13(15-9-8-14-4-2-5-16(14)10-15)23-20(24)12-25-11-17-18(21)6-3-7-19(17)22/h3,6-10,13H,2,4-5,11-12H2,1H3,(H,23,24). The molecule has 1 aliphatic carbocycles. The second kappa shape index (κ2) is 8.24. The summed E-state index contributed by atoms with van der Waals surface area (Å²) >= 11 is 7.37. The number of thioether (sulfide) groups is 1. The van der Waals surface area contributed by atoms with E-state index < -0.39 is 0 Å².